The van der Waals surface area contributed by atoms with Gasteiger partial charge in [0.05, 0.1) is 6.61 Å². The molecule has 0 aromatic heterocycles. The molecule has 1 heterocycles. The highest BCUT2D eigenvalue weighted by Gasteiger charge is 2.12. The maximum atomic E-state index is 5.99. The first-order chi connectivity index (χ1) is 9.43. The van der Waals surface area contributed by atoms with Crippen LogP contribution in [0, 0.1) is 5.92 Å². The Kier molecular flexibility index (Phi) is 3.99. The molecule has 1 saturated heterocycles. The second kappa shape index (κ2) is 6.07. The summed E-state index contributed by atoms with van der Waals surface area (Å²) in [6, 6.07) is 14.7. The lowest BCUT2D eigenvalue weighted by Crippen LogP contribution is -2.30. The fourth-order valence-corrected chi connectivity index (χ4v) is 2.83. The average molecular weight is 255 g/mol. The lowest BCUT2D eigenvalue weighted by Gasteiger charge is -2.22. The number of rotatable bonds is 4. The van der Waals surface area contributed by atoms with E-state index in [2.05, 4.69) is 47.8 Å². The number of ether oxygens (including phenoxy) is 1. The Bertz CT molecular complexity index is 526. The number of piperidine rings is 1. The zero-order valence-corrected chi connectivity index (χ0v) is 11.3. The minimum Gasteiger partial charge on any atom is -0.493 e. The minimum atomic E-state index is 0.781. The molecule has 19 heavy (non-hydrogen) atoms. The van der Waals surface area contributed by atoms with E-state index in [1.807, 2.05) is 0 Å². The first kappa shape index (κ1) is 12.5. The van der Waals surface area contributed by atoms with Crippen LogP contribution in [0.3, 0.4) is 0 Å². The molecule has 2 aromatic carbocycles. The van der Waals surface area contributed by atoms with E-state index in [4.69, 9.17) is 4.74 Å². The first-order valence-electron chi connectivity index (χ1n) is 7.25. The summed E-state index contributed by atoms with van der Waals surface area (Å²) in [5.41, 5.74) is 0. The van der Waals surface area contributed by atoms with E-state index < -0.39 is 0 Å². The van der Waals surface area contributed by atoms with Crippen molar-refractivity contribution in [3.8, 4) is 5.75 Å². The molecule has 0 aliphatic carbocycles. The summed E-state index contributed by atoms with van der Waals surface area (Å²) in [6.45, 7) is 3.15. The third-order valence-electron chi connectivity index (χ3n) is 3.93. The van der Waals surface area contributed by atoms with Gasteiger partial charge in [-0.25, -0.2) is 0 Å². The van der Waals surface area contributed by atoms with Crippen molar-refractivity contribution < 1.29 is 4.74 Å². The van der Waals surface area contributed by atoms with Gasteiger partial charge in [0.25, 0.3) is 0 Å². The molecule has 1 N–H and O–H groups in total. The molecule has 0 saturated carbocycles. The zero-order valence-electron chi connectivity index (χ0n) is 11.3. The van der Waals surface area contributed by atoms with Gasteiger partial charge < -0.3 is 10.1 Å². The topological polar surface area (TPSA) is 21.3 Å². The molecule has 0 spiro atoms. The number of hydrogen-bond acceptors (Lipinski definition) is 2. The van der Waals surface area contributed by atoms with Crippen LogP contribution >= 0.6 is 0 Å². The predicted octanol–water partition coefficient (Wildman–Crippen LogP) is 3.61. The third-order valence-corrected chi connectivity index (χ3v) is 3.93. The van der Waals surface area contributed by atoms with E-state index in [1.165, 1.54) is 30.2 Å². The molecule has 2 nitrogen and oxygen atoms in total. The highest BCUT2D eigenvalue weighted by molar-refractivity contribution is 5.88. The van der Waals surface area contributed by atoms with E-state index >= 15 is 0 Å². The van der Waals surface area contributed by atoms with Crippen molar-refractivity contribution in [2.24, 2.45) is 5.92 Å². The Morgan fingerprint density at radius 1 is 1.11 bits per heavy atom. The van der Waals surface area contributed by atoms with Gasteiger partial charge >= 0.3 is 0 Å². The molecule has 0 bridgehead atoms. The highest BCUT2D eigenvalue weighted by atomic mass is 16.5. The molecule has 2 aromatic rings. The Labute approximate surface area is 114 Å². The predicted molar refractivity (Wildman–Crippen MR) is 79.7 cm³/mol. The van der Waals surface area contributed by atoms with Crippen LogP contribution in [-0.4, -0.2) is 19.7 Å². The van der Waals surface area contributed by atoms with Crippen LogP contribution < -0.4 is 10.1 Å². The number of nitrogens with one attached hydrogen (secondary N) is 1. The van der Waals surface area contributed by atoms with E-state index in [-0.39, 0.29) is 0 Å². The normalized spacial score (nSPS) is 19.5. The third kappa shape index (κ3) is 3.07. The maximum absolute atomic E-state index is 5.99. The summed E-state index contributed by atoms with van der Waals surface area (Å²) >= 11 is 0. The van der Waals surface area contributed by atoms with Crippen molar-refractivity contribution in [3.63, 3.8) is 0 Å². The number of fused-ring (bicyclic) bond motifs is 1. The second-order valence-corrected chi connectivity index (χ2v) is 5.33. The molecule has 1 unspecified atom stereocenters. The number of hydrogen-bond donors (Lipinski definition) is 1. The van der Waals surface area contributed by atoms with Crippen LogP contribution in [0.2, 0.25) is 0 Å². The molecule has 0 radical (unpaired) electrons. The van der Waals surface area contributed by atoms with Crippen LogP contribution in [0.1, 0.15) is 19.3 Å². The van der Waals surface area contributed by atoms with Crippen LogP contribution in [0.15, 0.2) is 42.5 Å². The van der Waals surface area contributed by atoms with Crippen molar-refractivity contribution in [1.29, 1.82) is 0 Å². The maximum Gasteiger partial charge on any atom is 0.127 e. The Balaban J connectivity index is 1.62. The van der Waals surface area contributed by atoms with E-state index in [0.29, 0.717) is 0 Å². The van der Waals surface area contributed by atoms with Gasteiger partial charge in [0, 0.05) is 5.39 Å². The van der Waals surface area contributed by atoms with Gasteiger partial charge in [0.2, 0.25) is 0 Å². The first-order valence-corrected chi connectivity index (χ1v) is 7.25. The smallest absolute Gasteiger partial charge is 0.127 e. The summed E-state index contributed by atoms with van der Waals surface area (Å²) in [4.78, 5) is 0. The van der Waals surface area contributed by atoms with Gasteiger partial charge in [-0.05, 0) is 49.7 Å². The van der Waals surface area contributed by atoms with Gasteiger partial charge in [0.1, 0.15) is 5.75 Å². The monoisotopic (exact) mass is 255 g/mol. The fraction of sp³-hybridized carbons (Fsp3) is 0.412. The summed E-state index contributed by atoms with van der Waals surface area (Å²) < 4.78 is 5.99. The molecule has 1 atom stereocenters. The summed E-state index contributed by atoms with van der Waals surface area (Å²) in [5, 5.41) is 5.92. The van der Waals surface area contributed by atoms with E-state index in [9.17, 15) is 0 Å². The van der Waals surface area contributed by atoms with Crippen LogP contribution in [-0.2, 0) is 0 Å². The van der Waals surface area contributed by atoms with Crippen LogP contribution in [0.4, 0.5) is 0 Å². The Morgan fingerprint density at radius 3 is 2.89 bits per heavy atom. The summed E-state index contributed by atoms with van der Waals surface area (Å²) in [5.74, 6) is 1.80. The standard InChI is InChI=1S/C17H21NO/c1-2-8-16-15(6-1)7-3-9-17(16)19-12-10-14-5-4-11-18-13-14/h1-3,6-9,14,18H,4-5,10-13H2. The van der Waals surface area contributed by atoms with Crippen LogP contribution in [0.25, 0.3) is 10.8 Å². The molecule has 1 aliphatic rings. The second-order valence-electron chi connectivity index (χ2n) is 5.33. The Morgan fingerprint density at radius 2 is 2.00 bits per heavy atom. The van der Waals surface area contributed by atoms with Gasteiger partial charge in [-0.2, -0.15) is 0 Å². The lowest BCUT2D eigenvalue weighted by atomic mass is 9.97. The van der Waals surface area contributed by atoms with E-state index in [0.717, 1.165) is 31.2 Å². The van der Waals surface area contributed by atoms with Gasteiger partial charge in [0.15, 0.2) is 0 Å². The van der Waals surface area contributed by atoms with Gasteiger partial charge in [-0.1, -0.05) is 36.4 Å². The number of benzene rings is 2. The van der Waals surface area contributed by atoms with Crippen molar-refractivity contribution in [1.82, 2.24) is 5.32 Å². The molecule has 0 amide bonds. The molecular formula is C17H21NO. The minimum absolute atomic E-state index is 0.781. The highest BCUT2D eigenvalue weighted by Crippen LogP contribution is 2.25. The molecule has 1 aliphatic heterocycles. The Hall–Kier alpha value is -1.54. The van der Waals surface area contributed by atoms with Crippen molar-refractivity contribution in [2.75, 3.05) is 19.7 Å². The van der Waals surface area contributed by atoms with Gasteiger partial charge in [-0.3, -0.25) is 0 Å². The largest absolute Gasteiger partial charge is 0.493 e. The molecule has 2 heteroatoms. The van der Waals surface area contributed by atoms with Gasteiger partial charge in [-0.15, -0.1) is 0 Å². The molecule has 3 rings (SSSR count). The lowest BCUT2D eigenvalue weighted by molar-refractivity contribution is 0.256. The van der Waals surface area contributed by atoms with Crippen molar-refractivity contribution in [3.05, 3.63) is 42.5 Å². The summed E-state index contributed by atoms with van der Waals surface area (Å²) in [6.07, 6.45) is 3.79. The van der Waals surface area contributed by atoms with Crippen molar-refractivity contribution >= 4 is 10.8 Å². The zero-order chi connectivity index (χ0) is 12.9. The average Bonchev–Trinajstić information content (AvgIpc) is 2.49. The molecule has 100 valence electrons. The van der Waals surface area contributed by atoms with Crippen LogP contribution in [0.5, 0.6) is 5.75 Å². The SMILES string of the molecule is c1ccc2c(OCCC3CCCNC3)cccc2c1. The van der Waals surface area contributed by atoms with Crippen molar-refractivity contribution in [2.45, 2.75) is 19.3 Å². The molecule has 1 fully saturated rings. The summed E-state index contributed by atoms with van der Waals surface area (Å²) in [7, 11) is 0. The molecular weight excluding hydrogens is 234 g/mol. The van der Waals surface area contributed by atoms with E-state index in [1.54, 1.807) is 0 Å². The quantitative estimate of drug-likeness (QED) is 0.901. The fourth-order valence-electron chi connectivity index (χ4n) is 2.83.